The molecule has 2 aliphatic carbocycles. The molecule has 0 spiro atoms. The van der Waals surface area contributed by atoms with Crippen molar-refractivity contribution < 1.29 is 15.0 Å². The van der Waals surface area contributed by atoms with Gasteiger partial charge in [0.1, 0.15) is 0 Å². The maximum atomic E-state index is 10.7. The van der Waals surface area contributed by atoms with E-state index in [1.807, 2.05) is 13.0 Å². The van der Waals surface area contributed by atoms with Gasteiger partial charge in [-0.2, -0.15) is 0 Å². The lowest BCUT2D eigenvalue weighted by molar-refractivity contribution is -0.133. The highest BCUT2D eigenvalue weighted by atomic mass is 32.2. The van der Waals surface area contributed by atoms with Crippen LogP contribution in [-0.2, 0) is 24.2 Å². The molecule has 3 aliphatic rings. The van der Waals surface area contributed by atoms with Gasteiger partial charge in [0.2, 0.25) is 5.88 Å². The molecule has 0 aromatic carbocycles. The smallest absolute Gasteiger partial charge is 0.313 e. The topological polar surface area (TPSA) is 75.4 Å². The highest BCUT2D eigenvalue weighted by Crippen LogP contribution is 2.43. The number of carboxylic acids is 1. The molecule has 3 rings (SSSR count). The second-order valence-electron chi connectivity index (χ2n) is 4.91. The number of hydrogen-bond donors (Lipinski definition) is 2. The van der Waals surface area contributed by atoms with E-state index in [1.54, 1.807) is 4.57 Å². The van der Waals surface area contributed by atoms with Crippen LogP contribution in [0.4, 0.5) is 0 Å². The number of aromatic nitrogens is 2. The summed E-state index contributed by atoms with van der Waals surface area (Å²) in [4.78, 5) is 15.3. The first-order valence-corrected chi connectivity index (χ1v) is 7.69. The minimum atomic E-state index is -0.885. The van der Waals surface area contributed by atoms with Crippen LogP contribution in [0.3, 0.4) is 0 Å². The monoisotopic (exact) mass is 292 g/mol. The van der Waals surface area contributed by atoms with E-state index in [0.29, 0.717) is 11.7 Å². The van der Waals surface area contributed by atoms with Crippen molar-refractivity contribution in [3.8, 4) is 17.1 Å². The van der Waals surface area contributed by atoms with Crippen LogP contribution in [0, 0.1) is 0 Å². The number of aromatic hydroxyl groups is 1. The lowest BCUT2D eigenvalue weighted by atomic mass is 10.1. The molecule has 0 fully saturated rings. The number of aliphatic carboxylic acids is 1. The fourth-order valence-corrected chi connectivity index (χ4v) is 3.64. The van der Waals surface area contributed by atoms with E-state index in [9.17, 15) is 9.90 Å². The number of thioether (sulfide) groups is 1. The van der Waals surface area contributed by atoms with Crippen molar-refractivity contribution in [1.82, 2.24) is 9.55 Å². The van der Waals surface area contributed by atoms with Crippen LogP contribution in [-0.4, -0.2) is 31.5 Å². The molecule has 0 radical (unpaired) electrons. The molecule has 0 saturated heterocycles. The van der Waals surface area contributed by atoms with E-state index in [1.165, 1.54) is 11.1 Å². The van der Waals surface area contributed by atoms with E-state index < -0.39 is 5.97 Å². The molecular formula is C14H16N2O3S. The molecule has 1 aliphatic heterocycles. The van der Waals surface area contributed by atoms with Crippen LogP contribution in [0.2, 0.25) is 0 Å². The number of carbonyl (C=O) groups is 1. The Morgan fingerprint density at radius 3 is 3.00 bits per heavy atom. The minimum Gasteiger partial charge on any atom is -0.494 e. The Labute approximate surface area is 121 Å². The van der Waals surface area contributed by atoms with Crippen molar-refractivity contribution in [3.05, 3.63) is 17.2 Å². The summed E-state index contributed by atoms with van der Waals surface area (Å²) in [6.07, 6.45) is 3.15. The number of aryl methyl sites for hydroxylation is 1. The lowest BCUT2D eigenvalue weighted by Gasteiger charge is -2.16. The van der Waals surface area contributed by atoms with Gasteiger partial charge >= 0.3 is 5.97 Å². The Bertz CT molecular complexity index is 651. The second-order valence-corrected chi connectivity index (χ2v) is 5.85. The van der Waals surface area contributed by atoms with Crippen LogP contribution in [0.25, 0.3) is 11.3 Å². The van der Waals surface area contributed by atoms with E-state index in [4.69, 9.17) is 5.11 Å². The fraction of sp³-hybridized carbons (Fsp3) is 0.429. The van der Waals surface area contributed by atoms with Gasteiger partial charge in [0.25, 0.3) is 0 Å². The van der Waals surface area contributed by atoms with Gasteiger partial charge in [0.05, 0.1) is 17.0 Å². The molecule has 0 unspecified atom stereocenters. The minimum absolute atomic E-state index is 0.0572. The normalized spacial score (nSPS) is 13.8. The zero-order valence-corrected chi connectivity index (χ0v) is 12.0. The van der Waals surface area contributed by atoms with E-state index in [0.717, 1.165) is 42.3 Å². The predicted molar refractivity (Wildman–Crippen MR) is 76.6 cm³/mol. The van der Waals surface area contributed by atoms with Gasteiger partial charge in [-0.25, -0.2) is 4.98 Å². The summed E-state index contributed by atoms with van der Waals surface area (Å²) >= 11 is 1.14. The molecule has 20 heavy (non-hydrogen) atoms. The van der Waals surface area contributed by atoms with Gasteiger partial charge in [0.15, 0.2) is 5.16 Å². The highest BCUT2D eigenvalue weighted by molar-refractivity contribution is 7.99. The molecular weight excluding hydrogens is 276 g/mol. The van der Waals surface area contributed by atoms with Crippen LogP contribution in [0.1, 0.15) is 24.5 Å². The first-order chi connectivity index (χ1) is 9.61. The van der Waals surface area contributed by atoms with Gasteiger partial charge in [-0.15, -0.1) is 0 Å². The van der Waals surface area contributed by atoms with Crippen LogP contribution in [0.5, 0.6) is 5.88 Å². The third kappa shape index (κ3) is 2.04. The molecule has 0 aromatic rings. The Morgan fingerprint density at radius 2 is 2.30 bits per heavy atom. The molecule has 1 heterocycles. The molecule has 0 amide bonds. The van der Waals surface area contributed by atoms with Crippen molar-refractivity contribution in [2.75, 3.05) is 5.75 Å². The predicted octanol–water partition coefficient (Wildman–Crippen LogP) is 2.38. The SMILES string of the molecule is CCn1c(SCC(=O)O)nc2cc3c(c-2c1O)CCC3. The van der Waals surface area contributed by atoms with Crippen LogP contribution < -0.4 is 0 Å². The van der Waals surface area contributed by atoms with E-state index >= 15 is 0 Å². The standard InChI is InChI=1S/C14H16N2O3S/c1-2-16-13(19)12-9-5-3-4-8(9)6-10(12)15-14(16)20-7-11(17)18/h6,19H,2-5,7H2,1H3,(H,17,18). The molecule has 0 aromatic heterocycles. The van der Waals surface area contributed by atoms with Crippen molar-refractivity contribution >= 4 is 17.7 Å². The van der Waals surface area contributed by atoms with Gasteiger partial charge in [0, 0.05) is 6.54 Å². The second kappa shape index (κ2) is 5.01. The Balaban J connectivity index is 2.12. The summed E-state index contributed by atoms with van der Waals surface area (Å²) in [7, 11) is 0. The van der Waals surface area contributed by atoms with Crippen molar-refractivity contribution in [1.29, 1.82) is 0 Å². The van der Waals surface area contributed by atoms with Crippen molar-refractivity contribution in [2.24, 2.45) is 0 Å². The van der Waals surface area contributed by atoms with Crippen molar-refractivity contribution in [2.45, 2.75) is 37.9 Å². The summed E-state index contributed by atoms with van der Waals surface area (Å²) < 4.78 is 1.69. The summed E-state index contributed by atoms with van der Waals surface area (Å²) in [5.41, 5.74) is 4.11. The number of hydrogen-bond acceptors (Lipinski definition) is 4. The quantitative estimate of drug-likeness (QED) is 0.668. The number of carboxylic acid groups (broad SMARTS) is 1. The van der Waals surface area contributed by atoms with Gasteiger partial charge < -0.3 is 10.2 Å². The average Bonchev–Trinajstić information content (AvgIpc) is 2.96. The number of fused-ring (bicyclic) bond motifs is 3. The third-order valence-corrected chi connectivity index (χ3v) is 4.66. The maximum Gasteiger partial charge on any atom is 0.313 e. The summed E-state index contributed by atoms with van der Waals surface area (Å²) in [6, 6.07) is 2.03. The fourth-order valence-electron chi connectivity index (χ4n) is 2.85. The van der Waals surface area contributed by atoms with E-state index in [2.05, 4.69) is 4.98 Å². The molecule has 0 saturated carbocycles. The zero-order valence-electron chi connectivity index (χ0n) is 11.2. The van der Waals surface area contributed by atoms with Gasteiger partial charge in [-0.05, 0) is 43.4 Å². The Hall–Kier alpha value is -1.69. The maximum absolute atomic E-state index is 10.7. The molecule has 0 atom stereocenters. The van der Waals surface area contributed by atoms with E-state index in [-0.39, 0.29) is 11.6 Å². The third-order valence-electron chi connectivity index (χ3n) is 3.70. The van der Waals surface area contributed by atoms with Crippen molar-refractivity contribution in [3.63, 3.8) is 0 Å². The molecule has 5 nitrogen and oxygen atoms in total. The summed E-state index contributed by atoms with van der Waals surface area (Å²) in [5.74, 6) is -0.726. The van der Waals surface area contributed by atoms with Gasteiger partial charge in [-0.3, -0.25) is 9.36 Å². The molecule has 0 bridgehead atoms. The first-order valence-electron chi connectivity index (χ1n) is 6.70. The average molecular weight is 292 g/mol. The van der Waals surface area contributed by atoms with Crippen LogP contribution >= 0.6 is 11.8 Å². The molecule has 2 N–H and O–H groups in total. The Kier molecular flexibility index (Phi) is 3.33. The summed E-state index contributed by atoms with van der Waals surface area (Å²) in [5, 5.41) is 19.9. The summed E-state index contributed by atoms with van der Waals surface area (Å²) in [6.45, 7) is 2.48. The first kappa shape index (κ1) is 13.3. The molecule has 6 heteroatoms. The largest absolute Gasteiger partial charge is 0.494 e. The Morgan fingerprint density at radius 1 is 1.50 bits per heavy atom. The zero-order chi connectivity index (χ0) is 14.3. The molecule has 106 valence electrons. The lowest BCUT2D eigenvalue weighted by Crippen LogP contribution is -2.08. The highest BCUT2D eigenvalue weighted by Gasteiger charge is 2.27. The van der Waals surface area contributed by atoms with Gasteiger partial charge in [-0.1, -0.05) is 11.8 Å². The number of nitrogens with zero attached hydrogens (tertiary/aromatic N) is 2. The number of rotatable bonds is 4. The van der Waals surface area contributed by atoms with Crippen LogP contribution in [0.15, 0.2) is 11.2 Å².